The summed E-state index contributed by atoms with van der Waals surface area (Å²) in [6, 6.07) is 4.49. The van der Waals surface area contributed by atoms with Crippen LogP contribution in [0.1, 0.15) is 11.3 Å². The van der Waals surface area contributed by atoms with Crippen LogP contribution in [0.5, 0.6) is 5.88 Å². The molecule has 2 rings (SSSR count). The largest absolute Gasteiger partial charge is 0.469 e. The van der Waals surface area contributed by atoms with Crippen molar-refractivity contribution in [3.8, 4) is 5.88 Å². The van der Waals surface area contributed by atoms with E-state index < -0.39 is 4.92 Å². The van der Waals surface area contributed by atoms with E-state index in [1.165, 1.54) is 6.26 Å². The smallest absolute Gasteiger partial charge is 0.288 e. The van der Waals surface area contributed by atoms with Crippen LogP contribution < -0.4 is 10.5 Å². The number of hydrogen-bond donors (Lipinski definition) is 2. The first-order valence-electron chi connectivity index (χ1n) is 5.39. The average molecular weight is 278 g/mol. The molecule has 0 unspecified atom stereocenters. The second-order valence-electron chi connectivity index (χ2n) is 3.66. The highest BCUT2D eigenvalue weighted by Gasteiger charge is 2.17. The predicted octanol–water partition coefficient (Wildman–Crippen LogP) is 1.26. The van der Waals surface area contributed by atoms with Gasteiger partial charge in [-0.25, -0.2) is 4.98 Å². The standard InChI is InChI=1S/C11H10N4O5/c12-10(14-16)9-4-7(15(17)18)5-13-11(9)20-6-8-2-1-3-19-8/h1-5,16H,6H2,(H2,12,14). The predicted molar refractivity (Wildman–Crippen MR) is 66.4 cm³/mol. The van der Waals surface area contributed by atoms with Gasteiger partial charge < -0.3 is 20.1 Å². The maximum Gasteiger partial charge on any atom is 0.288 e. The zero-order valence-electron chi connectivity index (χ0n) is 10.1. The number of furan rings is 1. The number of nitrogens with two attached hydrogens (primary N) is 1. The number of rotatable bonds is 5. The fourth-order valence-corrected chi connectivity index (χ4v) is 1.43. The Balaban J connectivity index is 2.29. The maximum absolute atomic E-state index is 10.7. The first-order chi connectivity index (χ1) is 9.61. The lowest BCUT2D eigenvalue weighted by Crippen LogP contribution is -2.16. The van der Waals surface area contributed by atoms with E-state index >= 15 is 0 Å². The summed E-state index contributed by atoms with van der Waals surface area (Å²) in [4.78, 5) is 13.8. The topological polar surface area (TPSA) is 137 Å². The van der Waals surface area contributed by atoms with Crippen LogP contribution in [-0.2, 0) is 6.61 Å². The molecule has 0 atom stereocenters. The number of pyridine rings is 1. The quantitative estimate of drug-likeness (QED) is 0.276. The average Bonchev–Trinajstić information content (AvgIpc) is 2.97. The molecule has 0 amide bonds. The van der Waals surface area contributed by atoms with Gasteiger partial charge in [0.15, 0.2) is 5.84 Å². The van der Waals surface area contributed by atoms with E-state index in [-0.39, 0.29) is 29.6 Å². The van der Waals surface area contributed by atoms with E-state index in [1.807, 2.05) is 0 Å². The molecule has 104 valence electrons. The van der Waals surface area contributed by atoms with Crippen molar-refractivity contribution >= 4 is 11.5 Å². The monoisotopic (exact) mass is 278 g/mol. The zero-order chi connectivity index (χ0) is 14.5. The second kappa shape index (κ2) is 5.69. The van der Waals surface area contributed by atoms with E-state index in [0.29, 0.717) is 5.76 Å². The minimum absolute atomic E-state index is 0.00213. The molecule has 3 N–H and O–H groups in total. The highest BCUT2D eigenvalue weighted by molar-refractivity contribution is 5.99. The SMILES string of the molecule is NC(=NO)c1cc([N+](=O)[O-])cnc1OCc1ccco1. The highest BCUT2D eigenvalue weighted by Crippen LogP contribution is 2.21. The molecule has 0 aliphatic carbocycles. The van der Waals surface area contributed by atoms with Crippen molar-refractivity contribution in [3.05, 3.63) is 52.1 Å². The molecule has 0 aliphatic heterocycles. The van der Waals surface area contributed by atoms with Crippen molar-refractivity contribution < 1.29 is 19.3 Å². The lowest BCUT2D eigenvalue weighted by molar-refractivity contribution is -0.385. The van der Waals surface area contributed by atoms with Crippen LogP contribution >= 0.6 is 0 Å². The third kappa shape index (κ3) is 2.83. The van der Waals surface area contributed by atoms with Crippen molar-refractivity contribution in [2.24, 2.45) is 10.9 Å². The molecule has 2 heterocycles. The lowest BCUT2D eigenvalue weighted by Gasteiger charge is -2.07. The van der Waals surface area contributed by atoms with Crippen molar-refractivity contribution in [3.63, 3.8) is 0 Å². The molecule has 20 heavy (non-hydrogen) atoms. The molecule has 0 saturated carbocycles. The third-order valence-electron chi connectivity index (χ3n) is 2.36. The van der Waals surface area contributed by atoms with Gasteiger partial charge in [-0.3, -0.25) is 10.1 Å². The van der Waals surface area contributed by atoms with Gasteiger partial charge in [0.25, 0.3) is 5.69 Å². The Bertz CT molecular complexity index is 638. The molecule has 2 aromatic heterocycles. The summed E-state index contributed by atoms with van der Waals surface area (Å²) in [5.41, 5.74) is 5.17. The van der Waals surface area contributed by atoms with Crippen LogP contribution in [0.2, 0.25) is 0 Å². The Morgan fingerprint density at radius 2 is 2.45 bits per heavy atom. The van der Waals surface area contributed by atoms with Gasteiger partial charge in [-0.1, -0.05) is 5.16 Å². The van der Waals surface area contributed by atoms with Crippen molar-refractivity contribution in [2.75, 3.05) is 0 Å². The summed E-state index contributed by atoms with van der Waals surface area (Å²) in [7, 11) is 0. The third-order valence-corrected chi connectivity index (χ3v) is 2.36. The summed E-state index contributed by atoms with van der Waals surface area (Å²) in [6.07, 6.45) is 2.50. The van der Waals surface area contributed by atoms with Crippen LogP contribution in [0.3, 0.4) is 0 Å². The number of nitro groups is 1. The molecule has 0 fully saturated rings. The van der Waals surface area contributed by atoms with E-state index in [0.717, 1.165) is 12.3 Å². The Hall–Kier alpha value is -3.10. The normalized spacial score (nSPS) is 11.3. The molecule has 0 saturated heterocycles. The second-order valence-corrected chi connectivity index (χ2v) is 3.66. The molecule has 2 aromatic rings. The van der Waals surface area contributed by atoms with Gasteiger partial charge in [0.2, 0.25) is 5.88 Å². The molecule has 0 radical (unpaired) electrons. The van der Waals surface area contributed by atoms with Crippen LogP contribution in [0.25, 0.3) is 0 Å². The molecule has 0 spiro atoms. The van der Waals surface area contributed by atoms with Gasteiger partial charge in [0.1, 0.15) is 18.6 Å². The van der Waals surface area contributed by atoms with E-state index in [4.69, 9.17) is 20.1 Å². The minimum Gasteiger partial charge on any atom is -0.469 e. The molecule has 9 heteroatoms. The van der Waals surface area contributed by atoms with Crippen LogP contribution in [0, 0.1) is 10.1 Å². The first kappa shape index (κ1) is 13.3. The molecule has 0 aromatic carbocycles. The van der Waals surface area contributed by atoms with Gasteiger partial charge in [-0.15, -0.1) is 0 Å². The summed E-state index contributed by atoms with van der Waals surface area (Å²) < 4.78 is 10.4. The number of amidine groups is 1. The Labute approximate surface area is 112 Å². The molecule has 9 nitrogen and oxygen atoms in total. The van der Waals surface area contributed by atoms with E-state index in [9.17, 15) is 10.1 Å². The summed E-state index contributed by atoms with van der Waals surface area (Å²) in [5, 5.41) is 22.2. The Morgan fingerprint density at radius 3 is 3.05 bits per heavy atom. The summed E-state index contributed by atoms with van der Waals surface area (Å²) >= 11 is 0. The molecule has 0 bridgehead atoms. The summed E-state index contributed by atoms with van der Waals surface area (Å²) in [5.74, 6) is 0.202. The van der Waals surface area contributed by atoms with Crippen molar-refractivity contribution in [2.45, 2.75) is 6.61 Å². The van der Waals surface area contributed by atoms with Gasteiger partial charge in [-0.05, 0) is 12.1 Å². The number of hydrogen-bond acceptors (Lipinski definition) is 7. The number of nitrogens with zero attached hydrogens (tertiary/aromatic N) is 3. The zero-order valence-corrected chi connectivity index (χ0v) is 10.1. The van der Waals surface area contributed by atoms with Crippen molar-refractivity contribution in [1.82, 2.24) is 4.98 Å². The first-order valence-corrected chi connectivity index (χ1v) is 5.39. The van der Waals surface area contributed by atoms with E-state index in [2.05, 4.69) is 10.1 Å². The van der Waals surface area contributed by atoms with Gasteiger partial charge in [0, 0.05) is 6.07 Å². The number of oxime groups is 1. The number of aromatic nitrogens is 1. The van der Waals surface area contributed by atoms with Crippen molar-refractivity contribution in [1.29, 1.82) is 0 Å². The van der Waals surface area contributed by atoms with Crippen LogP contribution in [0.4, 0.5) is 5.69 Å². The Morgan fingerprint density at radius 1 is 1.65 bits per heavy atom. The molecule has 0 aliphatic rings. The minimum atomic E-state index is -0.641. The van der Waals surface area contributed by atoms with Gasteiger partial charge in [0.05, 0.1) is 16.7 Å². The lowest BCUT2D eigenvalue weighted by atomic mass is 10.2. The maximum atomic E-state index is 10.7. The van der Waals surface area contributed by atoms with Crippen LogP contribution in [-0.4, -0.2) is 21.0 Å². The van der Waals surface area contributed by atoms with E-state index in [1.54, 1.807) is 12.1 Å². The summed E-state index contributed by atoms with van der Waals surface area (Å²) in [6.45, 7) is 0.0590. The number of ether oxygens (including phenoxy) is 1. The highest BCUT2D eigenvalue weighted by atomic mass is 16.6. The van der Waals surface area contributed by atoms with Crippen LogP contribution in [0.15, 0.2) is 40.2 Å². The fourth-order valence-electron chi connectivity index (χ4n) is 1.43. The van der Waals surface area contributed by atoms with Gasteiger partial charge >= 0.3 is 0 Å². The molecular weight excluding hydrogens is 268 g/mol. The van der Waals surface area contributed by atoms with Gasteiger partial charge in [-0.2, -0.15) is 0 Å². The molecular formula is C11H10N4O5. The Kier molecular flexibility index (Phi) is 3.80. The fraction of sp³-hybridized carbons (Fsp3) is 0.0909.